The van der Waals surface area contributed by atoms with Crippen molar-refractivity contribution in [3.63, 3.8) is 0 Å². The van der Waals surface area contributed by atoms with Crippen LogP contribution in [0.3, 0.4) is 0 Å². The topological polar surface area (TPSA) is 26.3 Å². The van der Waals surface area contributed by atoms with Crippen molar-refractivity contribution in [2.75, 3.05) is 0 Å². The fraction of sp³-hybridized carbons (Fsp3) is 0.885. The number of carbonyl (C=O) groups is 1. The van der Waals surface area contributed by atoms with Gasteiger partial charge in [0, 0.05) is 6.08 Å². The standard InChI is InChI=1S/C26H50O2/c1-5-7-8-9-10-11-12-13-14-15-16-17-18-19-20-21-22-23-24-26(3,4)28-25(27)6-2/h6H,2,5,7-24H2,1,3-4H3. The van der Waals surface area contributed by atoms with E-state index in [1.54, 1.807) is 0 Å². The van der Waals surface area contributed by atoms with Crippen molar-refractivity contribution in [3.05, 3.63) is 12.7 Å². The number of hydrogen-bond donors (Lipinski definition) is 0. The summed E-state index contributed by atoms with van der Waals surface area (Å²) in [7, 11) is 0. The molecular formula is C26H50O2. The van der Waals surface area contributed by atoms with E-state index in [0.29, 0.717) is 0 Å². The lowest BCUT2D eigenvalue weighted by atomic mass is 9.99. The van der Waals surface area contributed by atoms with Gasteiger partial charge in [-0.2, -0.15) is 0 Å². The molecule has 0 unspecified atom stereocenters. The molecule has 0 aliphatic heterocycles. The Balaban J connectivity index is 3.22. The van der Waals surface area contributed by atoms with Gasteiger partial charge < -0.3 is 4.74 Å². The molecule has 0 spiro atoms. The van der Waals surface area contributed by atoms with Crippen LogP contribution in [0.15, 0.2) is 12.7 Å². The van der Waals surface area contributed by atoms with Crippen LogP contribution in [0.25, 0.3) is 0 Å². The van der Waals surface area contributed by atoms with Crippen LogP contribution in [-0.2, 0) is 9.53 Å². The maximum absolute atomic E-state index is 11.3. The molecule has 0 heterocycles. The van der Waals surface area contributed by atoms with Crippen LogP contribution < -0.4 is 0 Å². The van der Waals surface area contributed by atoms with Gasteiger partial charge in [0.25, 0.3) is 0 Å². The molecule has 0 saturated heterocycles. The van der Waals surface area contributed by atoms with Gasteiger partial charge in [0.1, 0.15) is 5.60 Å². The van der Waals surface area contributed by atoms with Crippen LogP contribution in [0.2, 0.25) is 0 Å². The Morgan fingerprint density at radius 3 is 1.32 bits per heavy atom. The largest absolute Gasteiger partial charge is 0.457 e. The van der Waals surface area contributed by atoms with E-state index in [0.717, 1.165) is 12.8 Å². The molecule has 0 aromatic rings. The second-order valence-electron chi connectivity index (χ2n) is 9.15. The highest BCUT2D eigenvalue weighted by Crippen LogP contribution is 2.20. The van der Waals surface area contributed by atoms with Gasteiger partial charge in [0.05, 0.1) is 0 Å². The Hall–Kier alpha value is -0.790. The monoisotopic (exact) mass is 394 g/mol. The average molecular weight is 395 g/mol. The zero-order valence-electron chi connectivity index (χ0n) is 19.5. The number of rotatable bonds is 21. The number of unbranched alkanes of at least 4 members (excludes halogenated alkanes) is 17. The van der Waals surface area contributed by atoms with Crippen molar-refractivity contribution in [1.29, 1.82) is 0 Å². The first-order chi connectivity index (χ1) is 13.5. The molecule has 0 atom stereocenters. The molecule has 0 aliphatic carbocycles. The fourth-order valence-corrected chi connectivity index (χ4v) is 3.82. The molecule has 2 nitrogen and oxygen atoms in total. The van der Waals surface area contributed by atoms with Gasteiger partial charge in [-0.3, -0.25) is 0 Å². The maximum Gasteiger partial charge on any atom is 0.330 e. The van der Waals surface area contributed by atoms with Crippen molar-refractivity contribution in [2.24, 2.45) is 0 Å². The molecular weight excluding hydrogens is 344 g/mol. The summed E-state index contributed by atoms with van der Waals surface area (Å²) in [6.07, 6.45) is 27.2. The minimum Gasteiger partial charge on any atom is -0.457 e. The molecule has 166 valence electrons. The first kappa shape index (κ1) is 27.2. The highest BCUT2D eigenvalue weighted by molar-refractivity contribution is 5.81. The second-order valence-corrected chi connectivity index (χ2v) is 9.15. The zero-order chi connectivity index (χ0) is 20.9. The molecule has 0 bridgehead atoms. The van der Waals surface area contributed by atoms with Gasteiger partial charge in [0.15, 0.2) is 0 Å². The van der Waals surface area contributed by atoms with Crippen molar-refractivity contribution in [2.45, 2.75) is 148 Å². The SMILES string of the molecule is C=CC(=O)OC(C)(C)CCCCCCCCCCCCCCCCCCCC. The summed E-state index contributed by atoms with van der Waals surface area (Å²) in [5, 5.41) is 0. The van der Waals surface area contributed by atoms with Crippen LogP contribution in [0.1, 0.15) is 143 Å². The molecule has 0 saturated carbocycles. The van der Waals surface area contributed by atoms with Gasteiger partial charge in [-0.05, 0) is 26.7 Å². The van der Waals surface area contributed by atoms with Crippen molar-refractivity contribution in [1.82, 2.24) is 0 Å². The maximum atomic E-state index is 11.3. The predicted octanol–water partition coefficient (Wildman–Crippen LogP) is 8.93. The Kier molecular flexibility index (Phi) is 19.0. The minimum absolute atomic E-state index is 0.313. The van der Waals surface area contributed by atoms with Crippen molar-refractivity contribution < 1.29 is 9.53 Å². The molecule has 0 radical (unpaired) electrons. The molecule has 0 aliphatic rings. The molecule has 28 heavy (non-hydrogen) atoms. The highest BCUT2D eigenvalue weighted by atomic mass is 16.6. The summed E-state index contributed by atoms with van der Waals surface area (Å²) < 4.78 is 5.36. The minimum atomic E-state index is -0.361. The number of carbonyl (C=O) groups excluding carboxylic acids is 1. The fourth-order valence-electron chi connectivity index (χ4n) is 3.82. The van der Waals surface area contributed by atoms with E-state index in [-0.39, 0.29) is 11.6 Å². The third kappa shape index (κ3) is 20.0. The number of hydrogen-bond acceptors (Lipinski definition) is 2. The first-order valence-electron chi connectivity index (χ1n) is 12.4. The Morgan fingerprint density at radius 1 is 0.679 bits per heavy atom. The second kappa shape index (κ2) is 19.5. The van der Waals surface area contributed by atoms with E-state index in [9.17, 15) is 4.79 Å². The molecule has 0 amide bonds. The van der Waals surface area contributed by atoms with Crippen LogP contribution in [-0.4, -0.2) is 11.6 Å². The lowest BCUT2D eigenvalue weighted by molar-refractivity contribution is -0.150. The Bertz CT molecular complexity index is 359. The van der Waals surface area contributed by atoms with Crippen molar-refractivity contribution >= 4 is 5.97 Å². The molecule has 0 aromatic heterocycles. The molecule has 0 rings (SSSR count). The average Bonchev–Trinajstić information content (AvgIpc) is 2.66. The summed E-state index contributed by atoms with van der Waals surface area (Å²) in [5.41, 5.74) is -0.361. The summed E-state index contributed by atoms with van der Waals surface area (Å²) in [5.74, 6) is -0.313. The van der Waals surface area contributed by atoms with Gasteiger partial charge in [-0.1, -0.05) is 123 Å². The van der Waals surface area contributed by atoms with E-state index in [1.807, 2.05) is 13.8 Å². The smallest absolute Gasteiger partial charge is 0.330 e. The van der Waals surface area contributed by atoms with E-state index in [1.165, 1.54) is 115 Å². The first-order valence-corrected chi connectivity index (χ1v) is 12.4. The van der Waals surface area contributed by atoms with E-state index < -0.39 is 0 Å². The normalized spacial score (nSPS) is 11.5. The highest BCUT2D eigenvalue weighted by Gasteiger charge is 2.20. The van der Waals surface area contributed by atoms with E-state index in [2.05, 4.69) is 13.5 Å². The Morgan fingerprint density at radius 2 is 1.00 bits per heavy atom. The summed E-state index contributed by atoms with van der Waals surface area (Å²) in [6, 6.07) is 0. The van der Waals surface area contributed by atoms with E-state index in [4.69, 9.17) is 4.74 Å². The molecule has 0 N–H and O–H groups in total. The zero-order valence-corrected chi connectivity index (χ0v) is 19.5. The predicted molar refractivity (Wildman–Crippen MR) is 124 cm³/mol. The molecule has 2 heteroatoms. The summed E-state index contributed by atoms with van der Waals surface area (Å²) >= 11 is 0. The summed E-state index contributed by atoms with van der Waals surface area (Å²) in [4.78, 5) is 11.3. The van der Waals surface area contributed by atoms with Crippen molar-refractivity contribution in [3.8, 4) is 0 Å². The lowest BCUT2D eigenvalue weighted by Gasteiger charge is -2.24. The van der Waals surface area contributed by atoms with Crippen LogP contribution >= 0.6 is 0 Å². The van der Waals surface area contributed by atoms with Crippen LogP contribution in [0.4, 0.5) is 0 Å². The third-order valence-corrected chi connectivity index (χ3v) is 5.68. The molecule has 0 aromatic carbocycles. The van der Waals surface area contributed by atoms with E-state index >= 15 is 0 Å². The van der Waals surface area contributed by atoms with Gasteiger partial charge >= 0.3 is 5.97 Å². The van der Waals surface area contributed by atoms with Crippen LogP contribution in [0.5, 0.6) is 0 Å². The van der Waals surface area contributed by atoms with Crippen LogP contribution in [0, 0.1) is 0 Å². The summed E-state index contributed by atoms with van der Waals surface area (Å²) in [6.45, 7) is 9.72. The third-order valence-electron chi connectivity index (χ3n) is 5.68. The lowest BCUT2D eigenvalue weighted by Crippen LogP contribution is -2.27. The quantitative estimate of drug-likeness (QED) is 0.110. The van der Waals surface area contributed by atoms with Gasteiger partial charge in [0.2, 0.25) is 0 Å². The molecule has 0 fully saturated rings. The number of ether oxygens (including phenoxy) is 1. The Labute approximate surface area is 176 Å². The van der Waals surface area contributed by atoms with Gasteiger partial charge in [-0.15, -0.1) is 0 Å². The number of esters is 1. The van der Waals surface area contributed by atoms with Gasteiger partial charge in [-0.25, -0.2) is 4.79 Å².